The van der Waals surface area contributed by atoms with E-state index in [2.05, 4.69) is 15.5 Å². The Balaban J connectivity index is 1.53. The number of carbonyl (C=O) groups excluding carboxylic acids is 1. The predicted molar refractivity (Wildman–Crippen MR) is 95.3 cm³/mol. The number of hydrogen-bond acceptors (Lipinski definition) is 5. The molecule has 1 aromatic carbocycles. The highest BCUT2D eigenvalue weighted by atomic mass is 16.5. The SMILES string of the molecule is COCCCn1cnnc1CNC(=O)N1CC[C@@](O)(c2ccccc2)C1. The van der Waals surface area contributed by atoms with Crippen LogP contribution in [-0.4, -0.2) is 57.6 Å². The van der Waals surface area contributed by atoms with Crippen LogP contribution in [0.3, 0.4) is 0 Å². The monoisotopic (exact) mass is 359 g/mol. The standard InChI is InChI=1S/C18H25N5O3/c1-26-11-5-9-23-14-20-21-16(23)12-19-17(24)22-10-8-18(25,13-22)15-6-3-2-4-7-15/h2-4,6-7,14,25H,5,8-13H2,1H3,(H,19,24)/t18-/m0/s1. The van der Waals surface area contributed by atoms with Gasteiger partial charge in [0.05, 0.1) is 13.1 Å². The third-order valence-electron chi connectivity index (χ3n) is 4.69. The summed E-state index contributed by atoms with van der Waals surface area (Å²) in [6, 6.07) is 9.28. The van der Waals surface area contributed by atoms with Crippen LogP contribution in [0.15, 0.2) is 36.7 Å². The zero-order chi connectivity index (χ0) is 18.4. The number of aryl methyl sites for hydroxylation is 1. The maximum absolute atomic E-state index is 12.5. The third kappa shape index (κ3) is 4.20. The van der Waals surface area contributed by atoms with Crippen LogP contribution in [0, 0.1) is 0 Å². The minimum Gasteiger partial charge on any atom is -0.385 e. The molecule has 1 atom stereocenters. The fourth-order valence-corrected chi connectivity index (χ4v) is 3.20. The number of amides is 2. The molecule has 0 spiro atoms. The van der Waals surface area contributed by atoms with Crippen molar-refractivity contribution in [3.05, 3.63) is 48.0 Å². The highest BCUT2D eigenvalue weighted by molar-refractivity contribution is 5.74. The zero-order valence-corrected chi connectivity index (χ0v) is 15.0. The second-order valence-electron chi connectivity index (χ2n) is 6.51. The van der Waals surface area contributed by atoms with Crippen molar-refractivity contribution >= 4 is 6.03 Å². The molecule has 0 bridgehead atoms. The van der Waals surface area contributed by atoms with Crippen molar-refractivity contribution in [3.63, 3.8) is 0 Å². The van der Waals surface area contributed by atoms with Crippen LogP contribution in [0.1, 0.15) is 24.2 Å². The first-order valence-electron chi connectivity index (χ1n) is 8.79. The number of nitrogens with zero attached hydrogens (tertiary/aromatic N) is 4. The number of urea groups is 1. The molecule has 0 saturated carbocycles. The molecule has 1 aliphatic heterocycles. The van der Waals surface area contributed by atoms with Crippen LogP contribution in [0.4, 0.5) is 4.79 Å². The van der Waals surface area contributed by atoms with Crippen LogP contribution in [0.5, 0.6) is 0 Å². The number of nitrogens with one attached hydrogen (secondary N) is 1. The van der Waals surface area contributed by atoms with Gasteiger partial charge in [0.25, 0.3) is 0 Å². The first-order valence-corrected chi connectivity index (χ1v) is 8.79. The molecule has 2 N–H and O–H groups in total. The van der Waals surface area contributed by atoms with Gasteiger partial charge >= 0.3 is 6.03 Å². The first kappa shape index (κ1) is 18.3. The number of aliphatic hydroxyl groups is 1. The van der Waals surface area contributed by atoms with Crippen molar-refractivity contribution in [2.24, 2.45) is 0 Å². The molecule has 1 aromatic heterocycles. The van der Waals surface area contributed by atoms with E-state index >= 15 is 0 Å². The number of ether oxygens (including phenoxy) is 1. The first-order chi connectivity index (χ1) is 12.6. The second kappa shape index (κ2) is 8.29. The lowest BCUT2D eigenvalue weighted by Crippen LogP contribution is -2.40. The van der Waals surface area contributed by atoms with Crippen LogP contribution in [0.25, 0.3) is 0 Å². The highest BCUT2D eigenvalue weighted by Gasteiger charge is 2.39. The van der Waals surface area contributed by atoms with Crippen molar-refractivity contribution < 1.29 is 14.6 Å². The molecule has 0 radical (unpaired) electrons. The largest absolute Gasteiger partial charge is 0.385 e. The van der Waals surface area contributed by atoms with Gasteiger partial charge in [0.2, 0.25) is 0 Å². The molecular weight excluding hydrogens is 334 g/mol. The maximum atomic E-state index is 12.5. The number of carbonyl (C=O) groups is 1. The number of hydrogen-bond donors (Lipinski definition) is 2. The Hall–Kier alpha value is -2.45. The normalized spacial score (nSPS) is 19.7. The van der Waals surface area contributed by atoms with E-state index in [9.17, 15) is 9.90 Å². The van der Waals surface area contributed by atoms with E-state index in [4.69, 9.17) is 4.74 Å². The quantitative estimate of drug-likeness (QED) is 0.723. The second-order valence-corrected chi connectivity index (χ2v) is 6.51. The molecule has 8 nitrogen and oxygen atoms in total. The average molecular weight is 359 g/mol. The fourth-order valence-electron chi connectivity index (χ4n) is 3.20. The number of rotatable bonds is 7. The Labute approximate surface area is 152 Å². The Kier molecular flexibility index (Phi) is 5.85. The summed E-state index contributed by atoms with van der Waals surface area (Å²) in [7, 11) is 1.67. The van der Waals surface area contributed by atoms with Gasteiger partial charge in [-0.3, -0.25) is 0 Å². The van der Waals surface area contributed by atoms with Gasteiger partial charge in [-0.2, -0.15) is 0 Å². The van der Waals surface area contributed by atoms with Gasteiger partial charge in [0.1, 0.15) is 11.9 Å². The summed E-state index contributed by atoms with van der Waals surface area (Å²) in [6.45, 7) is 2.49. The molecule has 1 saturated heterocycles. The summed E-state index contributed by atoms with van der Waals surface area (Å²) >= 11 is 0. The van der Waals surface area contributed by atoms with E-state index < -0.39 is 5.60 Å². The molecular formula is C18H25N5O3. The molecule has 8 heteroatoms. The van der Waals surface area contributed by atoms with Crippen molar-refractivity contribution in [2.45, 2.75) is 31.5 Å². The molecule has 3 rings (SSSR count). The molecule has 26 heavy (non-hydrogen) atoms. The molecule has 140 valence electrons. The van der Waals surface area contributed by atoms with Crippen molar-refractivity contribution in [1.82, 2.24) is 25.0 Å². The van der Waals surface area contributed by atoms with E-state index in [1.54, 1.807) is 18.3 Å². The number of methoxy groups -OCH3 is 1. The van der Waals surface area contributed by atoms with Crippen molar-refractivity contribution in [2.75, 3.05) is 26.8 Å². The average Bonchev–Trinajstić information content (AvgIpc) is 3.28. The van der Waals surface area contributed by atoms with E-state index in [1.165, 1.54) is 0 Å². The van der Waals surface area contributed by atoms with Gasteiger partial charge in [0, 0.05) is 26.8 Å². The molecule has 1 fully saturated rings. The topological polar surface area (TPSA) is 92.5 Å². The lowest BCUT2D eigenvalue weighted by atomic mass is 9.93. The van der Waals surface area contributed by atoms with Crippen molar-refractivity contribution in [3.8, 4) is 0 Å². The van der Waals surface area contributed by atoms with Gasteiger partial charge in [-0.05, 0) is 18.4 Å². The molecule has 2 heterocycles. The summed E-state index contributed by atoms with van der Waals surface area (Å²) in [6.07, 6.45) is 3.03. The smallest absolute Gasteiger partial charge is 0.317 e. The van der Waals surface area contributed by atoms with Crippen LogP contribution in [-0.2, 0) is 23.4 Å². The highest BCUT2D eigenvalue weighted by Crippen LogP contribution is 2.31. The van der Waals surface area contributed by atoms with E-state index in [-0.39, 0.29) is 12.6 Å². The van der Waals surface area contributed by atoms with Gasteiger partial charge in [0.15, 0.2) is 5.82 Å². The van der Waals surface area contributed by atoms with E-state index in [0.29, 0.717) is 31.9 Å². The predicted octanol–water partition coefficient (Wildman–Crippen LogP) is 1.12. The zero-order valence-electron chi connectivity index (χ0n) is 15.0. The number of likely N-dealkylation sites (tertiary alicyclic amines) is 1. The Morgan fingerprint density at radius 1 is 1.38 bits per heavy atom. The molecule has 1 aliphatic rings. The van der Waals surface area contributed by atoms with E-state index in [1.807, 2.05) is 34.9 Å². The molecule has 0 unspecified atom stereocenters. The van der Waals surface area contributed by atoms with Crippen LogP contribution >= 0.6 is 0 Å². The number of aromatic nitrogens is 3. The number of benzene rings is 1. The Morgan fingerprint density at radius 2 is 2.19 bits per heavy atom. The Bertz CT molecular complexity index is 721. The molecule has 2 aromatic rings. The minimum absolute atomic E-state index is 0.205. The summed E-state index contributed by atoms with van der Waals surface area (Å²) in [5.41, 5.74) is -0.146. The molecule has 2 amide bonds. The lowest BCUT2D eigenvalue weighted by Gasteiger charge is -2.24. The lowest BCUT2D eigenvalue weighted by molar-refractivity contribution is 0.0494. The van der Waals surface area contributed by atoms with Gasteiger partial charge in [-0.25, -0.2) is 4.79 Å². The fraction of sp³-hybridized carbons (Fsp3) is 0.500. The van der Waals surface area contributed by atoms with Gasteiger partial charge in [-0.1, -0.05) is 30.3 Å². The maximum Gasteiger partial charge on any atom is 0.317 e. The summed E-state index contributed by atoms with van der Waals surface area (Å²) < 4.78 is 6.95. The summed E-state index contributed by atoms with van der Waals surface area (Å²) in [4.78, 5) is 14.1. The minimum atomic E-state index is -0.987. The van der Waals surface area contributed by atoms with E-state index in [0.717, 1.165) is 18.5 Å². The van der Waals surface area contributed by atoms with Gasteiger partial charge in [-0.15, -0.1) is 10.2 Å². The third-order valence-corrected chi connectivity index (χ3v) is 4.69. The van der Waals surface area contributed by atoms with Crippen LogP contribution < -0.4 is 5.32 Å². The van der Waals surface area contributed by atoms with Crippen molar-refractivity contribution in [1.29, 1.82) is 0 Å². The van der Waals surface area contributed by atoms with Gasteiger partial charge < -0.3 is 24.6 Å². The summed E-state index contributed by atoms with van der Waals surface area (Å²) in [5, 5.41) is 21.7. The summed E-state index contributed by atoms with van der Waals surface area (Å²) in [5.74, 6) is 0.701. The number of β-amino-alcohol motifs (C(OH)–C–C–N with tert-alkyl or cyclic N) is 1. The Morgan fingerprint density at radius 3 is 2.96 bits per heavy atom. The van der Waals surface area contributed by atoms with Crippen LogP contribution in [0.2, 0.25) is 0 Å². The molecule has 0 aliphatic carbocycles.